The first-order chi connectivity index (χ1) is 23.4. The first kappa shape index (κ1) is 41.8. The summed E-state index contributed by atoms with van der Waals surface area (Å²) in [6.45, 7) is 13.0. The molecule has 3 rings (SSSR count). The van der Waals surface area contributed by atoms with Crippen molar-refractivity contribution in [3.05, 3.63) is 70.8 Å². The van der Waals surface area contributed by atoms with Gasteiger partial charge in [0.25, 0.3) is 0 Å². The molecule has 0 bridgehead atoms. The third-order valence-electron chi connectivity index (χ3n) is 9.96. The molecule has 1 saturated heterocycles. The van der Waals surface area contributed by atoms with Gasteiger partial charge in [-0.15, -0.1) is 0 Å². The van der Waals surface area contributed by atoms with Crippen LogP contribution >= 0.6 is 11.6 Å². The van der Waals surface area contributed by atoms with E-state index in [1.165, 1.54) is 6.92 Å². The van der Waals surface area contributed by atoms with Crippen molar-refractivity contribution in [2.45, 2.75) is 135 Å². The number of hydrogen-bond acceptors (Lipinski definition) is 10. The van der Waals surface area contributed by atoms with Crippen LogP contribution in [-0.4, -0.2) is 100 Å². The second-order valence-corrected chi connectivity index (χ2v) is 15.0. The van der Waals surface area contributed by atoms with Gasteiger partial charge in [0, 0.05) is 37.4 Å². The minimum atomic E-state index is -1.46. The van der Waals surface area contributed by atoms with E-state index in [9.17, 15) is 24.9 Å². The summed E-state index contributed by atoms with van der Waals surface area (Å²) in [4.78, 5) is 26.8. The third-order valence-corrected chi connectivity index (χ3v) is 10.2. The van der Waals surface area contributed by atoms with Crippen LogP contribution in [0.3, 0.4) is 0 Å². The number of esters is 2. The summed E-state index contributed by atoms with van der Waals surface area (Å²) in [7, 11) is 3.67. The first-order valence-corrected chi connectivity index (χ1v) is 17.9. The second kappa shape index (κ2) is 18.3. The van der Waals surface area contributed by atoms with E-state index in [1.807, 2.05) is 45.2 Å². The van der Waals surface area contributed by atoms with Gasteiger partial charge in [-0.2, -0.15) is 0 Å². The minimum absolute atomic E-state index is 0.0273. The van der Waals surface area contributed by atoms with Crippen LogP contribution in [0.4, 0.5) is 0 Å². The molecule has 11 heteroatoms. The number of nitrogens with zero attached hydrogens (tertiary/aromatic N) is 1. The van der Waals surface area contributed by atoms with Crippen LogP contribution < -0.4 is 0 Å². The molecular weight excluding hydrogens is 662 g/mol. The summed E-state index contributed by atoms with van der Waals surface area (Å²) in [5, 5.41) is 34.3. The molecule has 0 aliphatic carbocycles. The molecule has 10 nitrogen and oxygen atoms in total. The Balaban J connectivity index is 1.91. The van der Waals surface area contributed by atoms with Gasteiger partial charge >= 0.3 is 11.9 Å². The topological polar surface area (TPSA) is 138 Å². The molecular formula is C39H58ClNO9. The lowest BCUT2D eigenvalue weighted by Gasteiger charge is -2.37. The summed E-state index contributed by atoms with van der Waals surface area (Å²) >= 11 is 6.13. The zero-order valence-corrected chi connectivity index (χ0v) is 31.8. The quantitative estimate of drug-likeness (QED) is 0.103. The number of aliphatic hydroxyl groups excluding tert-OH is 1. The highest BCUT2D eigenvalue weighted by molar-refractivity contribution is 6.30. The van der Waals surface area contributed by atoms with Gasteiger partial charge in [-0.05, 0) is 76.4 Å². The number of epoxide rings is 1. The van der Waals surface area contributed by atoms with Gasteiger partial charge in [-0.1, -0.05) is 68.8 Å². The Bertz CT molecular complexity index is 1350. The molecule has 50 heavy (non-hydrogen) atoms. The van der Waals surface area contributed by atoms with Gasteiger partial charge < -0.3 is 34.3 Å². The summed E-state index contributed by atoms with van der Waals surface area (Å²) in [6, 6.07) is 7.21. The van der Waals surface area contributed by atoms with Crippen LogP contribution in [0.25, 0.3) is 0 Å². The fraction of sp³-hybridized carbons (Fsp3) is 0.641. The van der Waals surface area contributed by atoms with E-state index in [0.717, 1.165) is 12.0 Å². The fourth-order valence-corrected chi connectivity index (χ4v) is 7.13. The molecule has 1 fully saturated rings. The Morgan fingerprint density at radius 3 is 2.48 bits per heavy atom. The van der Waals surface area contributed by atoms with E-state index >= 15 is 0 Å². The highest BCUT2D eigenvalue weighted by atomic mass is 35.5. The number of halogens is 1. The number of carbonyl (C=O) groups excluding carboxylic acids is 2. The summed E-state index contributed by atoms with van der Waals surface area (Å²) in [5.41, 5.74) is -1.06. The number of likely N-dealkylation sites (N-methyl/N-ethyl adjacent to an activating group) is 1. The number of cyclic esters (lactones) is 1. The van der Waals surface area contributed by atoms with Crippen molar-refractivity contribution in [2.75, 3.05) is 14.2 Å². The molecule has 1 aromatic carbocycles. The van der Waals surface area contributed by atoms with E-state index < -0.39 is 47.5 Å². The maximum atomic E-state index is 12.9. The largest absolute Gasteiger partial charge is 0.457 e. The molecule has 0 radical (unpaired) electrons. The molecule has 0 spiro atoms. The smallest absolute Gasteiger partial charge is 0.309 e. The lowest BCUT2D eigenvalue weighted by atomic mass is 9.86. The molecule has 2 heterocycles. The Morgan fingerprint density at radius 1 is 1.22 bits per heavy atom. The highest BCUT2D eigenvalue weighted by Crippen LogP contribution is 2.41. The molecule has 0 amide bonds. The SMILES string of the molecule is CC[C@H](OC)[C@@H](C)[C@H]1O[C@@H]1C(N(C)Cc1ccc(Cl)cc1)C(C)(O)/C=C/C=C(\C)[C@@H]1OC(=O)C[C@H](O)CC[C@@](C)(O)[C@@H](OC(C)=O)/C=C/[C@@H]1C. The monoisotopic (exact) mass is 719 g/mol. The number of hydrogen-bond donors (Lipinski definition) is 3. The van der Waals surface area contributed by atoms with Gasteiger partial charge in [0.05, 0.1) is 36.4 Å². The van der Waals surface area contributed by atoms with E-state index in [-0.39, 0.29) is 49.4 Å². The van der Waals surface area contributed by atoms with Crippen molar-refractivity contribution in [2.24, 2.45) is 11.8 Å². The summed E-state index contributed by atoms with van der Waals surface area (Å²) in [6.07, 6.45) is 6.41. The number of allylic oxidation sites excluding steroid dienone is 2. The molecule has 2 aliphatic heterocycles. The van der Waals surface area contributed by atoms with Crippen LogP contribution in [0.15, 0.2) is 60.2 Å². The average Bonchev–Trinajstić information content (AvgIpc) is 3.81. The maximum Gasteiger partial charge on any atom is 0.309 e. The van der Waals surface area contributed by atoms with Crippen LogP contribution in [-0.2, 0) is 35.1 Å². The predicted octanol–water partition coefficient (Wildman–Crippen LogP) is 5.55. The van der Waals surface area contributed by atoms with Gasteiger partial charge in [0.15, 0.2) is 0 Å². The fourth-order valence-electron chi connectivity index (χ4n) is 7.00. The lowest BCUT2D eigenvalue weighted by molar-refractivity contribution is -0.157. The third kappa shape index (κ3) is 11.7. The number of aliphatic hydroxyl groups is 3. The van der Waals surface area contributed by atoms with E-state index in [1.54, 1.807) is 51.3 Å². The molecule has 3 N–H and O–H groups in total. The van der Waals surface area contributed by atoms with Crippen molar-refractivity contribution in [1.82, 2.24) is 4.90 Å². The highest BCUT2D eigenvalue weighted by Gasteiger charge is 2.55. The average molecular weight is 720 g/mol. The molecule has 2 unspecified atom stereocenters. The Morgan fingerprint density at radius 2 is 1.88 bits per heavy atom. The van der Waals surface area contributed by atoms with E-state index in [4.69, 9.17) is 30.5 Å². The van der Waals surface area contributed by atoms with Crippen LogP contribution in [0, 0.1) is 11.8 Å². The standard InChI is InChI=1S/C39H58ClNO9/c1-10-31(47-9)26(4)35-36(50-35)37(41(8)23-28-14-16-29(40)17-15-28)39(7,46)20-11-12-24(2)34-25(3)13-18-32(48-27(5)42)38(6,45)21-19-30(43)22-33(44)49-34/h11-18,20,25-26,30-32,34-37,43,45-46H,10,19,21-23H2,1-9H3/b18-13+,20-11+,24-12+/t25-,26+,30+,31-,32-,34-,35+,36-,37?,38+,39?/m0/s1. The number of rotatable bonds is 13. The van der Waals surface area contributed by atoms with Crippen molar-refractivity contribution in [3.63, 3.8) is 0 Å². The number of methoxy groups -OCH3 is 1. The minimum Gasteiger partial charge on any atom is -0.457 e. The van der Waals surface area contributed by atoms with Crippen LogP contribution in [0.2, 0.25) is 5.02 Å². The van der Waals surface area contributed by atoms with Gasteiger partial charge in [0.2, 0.25) is 0 Å². The number of ether oxygens (including phenoxy) is 4. The first-order valence-electron chi connectivity index (χ1n) is 17.6. The molecule has 2 aliphatic rings. The molecule has 11 atom stereocenters. The van der Waals surface area contributed by atoms with E-state index in [0.29, 0.717) is 17.1 Å². The lowest BCUT2D eigenvalue weighted by Crippen LogP contribution is -2.52. The molecule has 280 valence electrons. The van der Waals surface area contributed by atoms with Gasteiger partial charge in [0.1, 0.15) is 23.9 Å². The van der Waals surface area contributed by atoms with Gasteiger partial charge in [-0.25, -0.2) is 0 Å². The summed E-state index contributed by atoms with van der Waals surface area (Å²) in [5.74, 6) is -1.38. The van der Waals surface area contributed by atoms with E-state index in [2.05, 4.69) is 18.7 Å². The van der Waals surface area contributed by atoms with Gasteiger partial charge in [-0.3, -0.25) is 14.5 Å². The normalized spacial score (nSPS) is 31.9. The molecule has 0 aromatic heterocycles. The number of benzene rings is 1. The zero-order valence-electron chi connectivity index (χ0n) is 31.0. The van der Waals surface area contributed by atoms with Crippen LogP contribution in [0.1, 0.15) is 79.7 Å². The van der Waals surface area contributed by atoms with Crippen molar-refractivity contribution < 1.29 is 43.9 Å². The van der Waals surface area contributed by atoms with Crippen molar-refractivity contribution >= 4 is 23.5 Å². The Kier molecular flexibility index (Phi) is 15.3. The zero-order chi connectivity index (χ0) is 37.4. The number of carbonyl (C=O) groups is 2. The second-order valence-electron chi connectivity index (χ2n) is 14.5. The summed E-state index contributed by atoms with van der Waals surface area (Å²) < 4.78 is 23.3. The van der Waals surface area contributed by atoms with Crippen LogP contribution in [0.5, 0.6) is 0 Å². The molecule has 1 aromatic rings. The van der Waals surface area contributed by atoms with Crippen molar-refractivity contribution in [1.29, 1.82) is 0 Å². The Hall–Kier alpha value is -2.57. The molecule has 0 saturated carbocycles. The maximum absolute atomic E-state index is 12.9. The Labute approximate surface area is 303 Å². The van der Waals surface area contributed by atoms with Crippen molar-refractivity contribution in [3.8, 4) is 0 Å². The predicted molar refractivity (Wildman–Crippen MR) is 193 cm³/mol.